The Hall–Kier alpha value is -0.920. The predicted octanol–water partition coefficient (Wildman–Crippen LogP) is -1.55. The number of rotatable bonds is 3. The van der Waals surface area contributed by atoms with Crippen LogP contribution in [-0.2, 0) is 15.1 Å². The van der Waals surface area contributed by atoms with E-state index in [1.54, 1.807) is 0 Å². The highest BCUT2D eigenvalue weighted by Gasteiger charge is 2.11. The average molecular weight is 181 g/mol. The van der Waals surface area contributed by atoms with E-state index in [1.165, 1.54) is 4.72 Å². The second kappa shape index (κ2) is 3.46. The van der Waals surface area contributed by atoms with Gasteiger partial charge in [0.2, 0.25) is 0 Å². The Balaban J connectivity index is 4.22. The Labute approximate surface area is 63.4 Å². The Morgan fingerprint density at radius 2 is 2.00 bits per heavy atom. The smallest absolute Gasteiger partial charge is 0.359 e. The molecule has 0 aliphatic heterocycles. The molecule has 0 atom stereocenters. The molecule has 7 heteroatoms. The summed E-state index contributed by atoms with van der Waals surface area (Å²) in [6.07, 6.45) is 0. The maximum atomic E-state index is 10.5. The highest BCUT2D eigenvalue weighted by atomic mass is 32.2. The van der Waals surface area contributed by atoms with E-state index in [0.29, 0.717) is 0 Å². The first-order chi connectivity index (χ1) is 4.87. The van der Waals surface area contributed by atoms with Crippen molar-refractivity contribution in [3.05, 3.63) is 12.2 Å². The molecule has 0 saturated heterocycles. The molecule has 0 aromatic carbocycles. The predicted molar refractivity (Wildman–Crippen MR) is 35.9 cm³/mol. The lowest BCUT2D eigenvalue weighted by molar-refractivity contribution is -0.116. The minimum absolute atomic E-state index is 0.345. The van der Waals surface area contributed by atoms with Crippen molar-refractivity contribution >= 4 is 16.2 Å². The van der Waals surface area contributed by atoms with Crippen LogP contribution in [0.2, 0.25) is 0 Å². The molecular formula is C4H7NO5S. The minimum Gasteiger partial charge on any atom is -0.391 e. The van der Waals surface area contributed by atoms with Crippen molar-refractivity contribution in [1.29, 1.82) is 0 Å². The van der Waals surface area contributed by atoms with Gasteiger partial charge in [-0.3, -0.25) is 9.35 Å². The number of aliphatic hydroxyl groups excluding tert-OH is 1. The number of hydrogen-bond acceptors (Lipinski definition) is 4. The van der Waals surface area contributed by atoms with Crippen molar-refractivity contribution in [3.63, 3.8) is 0 Å². The van der Waals surface area contributed by atoms with Crippen LogP contribution in [0.3, 0.4) is 0 Å². The number of carbonyl (C=O) groups is 1. The molecule has 0 radical (unpaired) electrons. The molecule has 3 N–H and O–H groups in total. The molecule has 64 valence electrons. The number of hydrogen-bond donors (Lipinski definition) is 3. The fourth-order valence-electron chi connectivity index (χ4n) is 0.261. The SMILES string of the molecule is C=C(CO)C(=O)NS(=O)(=O)O. The van der Waals surface area contributed by atoms with E-state index in [2.05, 4.69) is 6.58 Å². The second-order valence-corrected chi connectivity index (χ2v) is 2.82. The Morgan fingerprint density at radius 3 is 2.27 bits per heavy atom. The molecule has 0 aliphatic rings. The van der Waals surface area contributed by atoms with E-state index in [9.17, 15) is 13.2 Å². The Morgan fingerprint density at radius 1 is 1.55 bits per heavy atom. The summed E-state index contributed by atoms with van der Waals surface area (Å²) in [6, 6.07) is 0. The summed E-state index contributed by atoms with van der Waals surface area (Å²) in [6.45, 7) is 2.35. The van der Waals surface area contributed by atoms with Gasteiger partial charge in [0, 0.05) is 5.57 Å². The first kappa shape index (κ1) is 10.1. The van der Waals surface area contributed by atoms with Crippen molar-refractivity contribution in [3.8, 4) is 0 Å². The summed E-state index contributed by atoms with van der Waals surface area (Å²) in [5, 5.41) is 8.27. The van der Waals surface area contributed by atoms with Gasteiger partial charge in [-0.05, 0) is 0 Å². The molecule has 6 nitrogen and oxygen atoms in total. The highest BCUT2D eigenvalue weighted by Crippen LogP contribution is 1.87. The number of carbonyl (C=O) groups excluding carboxylic acids is 1. The molecule has 0 fully saturated rings. The van der Waals surface area contributed by atoms with Crippen LogP contribution in [0, 0.1) is 0 Å². The van der Waals surface area contributed by atoms with Gasteiger partial charge in [-0.2, -0.15) is 8.42 Å². The van der Waals surface area contributed by atoms with E-state index in [4.69, 9.17) is 9.66 Å². The lowest BCUT2D eigenvalue weighted by Crippen LogP contribution is -2.31. The molecule has 11 heavy (non-hydrogen) atoms. The summed E-state index contributed by atoms with van der Waals surface area (Å²) >= 11 is 0. The van der Waals surface area contributed by atoms with Gasteiger partial charge in [0.15, 0.2) is 0 Å². The summed E-state index contributed by atoms with van der Waals surface area (Å²) in [4.78, 5) is 10.5. The minimum atomic E-state index is -4.55. The number of amides is 1. The zero-order chi connectivity index (χ0) is 9.07. The molecule has 0 heterocycles. The third kappa shape index (κ3) is 4.48. The van der Waals surface area contributed by atoms with Gasteiger partial charge in [0.05, 0.1) is 6.61 Å². The summed E-state index contributed by atoms with van der Waals surface area (Å²) < 4.78 is 29.2. The molecule has 0 bridgehead atoms. The molecule has 0 aliphatic carbocycles. The molecular weight excluding hydrogens is 174 g/mol. The van der Waals surface area contributed by atoms with E-state index >= 15 is 0 Å². The Kier molecular flexibility index (Phi) is 3.18. The van der Waals surface area contributed by atoms with Crippen LogP contribution in [0.5, 0.6) is 0 Å². The first-order valence-corrected chi connectivity index (χ1v) is 3.89. The third-order valence-corrected chi connectivity index (χ3v) is 1.18. The standard InChI is InChI=1S/C4H7NO5S/c1-3(2-6)4(7)5-11(8,9)10/h6H,1-2H2,(H,5,7)(H,8,9,10). The highest BCUT2D eigenvalue weighted by molar-refractivity contribution is 7.84. The van der Waals surface area contributed by atoms with Crippen LogP contribution in [0.4, 0.5) is 0 Å². The molecule has 0 aromatic rings. The van der Waals surface area contributed by atoms with E-state index in [1.807, 2.05) is 0 Å². The van der Waals surface area contributed by atoms with Crippen molar-refractivity contribution in [2.75, 3.05) is 6.61 Å². The maximum Gasteiger partial charge on any atom is 0.359 e. The number of nitrogens with one attached hydrogen (secondary N) is 1. The van der Waals surface area contributed by atoms with Crippen LogP contribution >= 0.6 is 0 Å². The summed E-state index contributed by atoms with van der Waals surface area (Å²) in [7, 11) is -4.55. The molecule has 0 rings (SSSR count). The van der Waals surface area contributed by atoms with Gasteiger partial charge in [0.25, 0.3) is 5.91 Å². The normalized spacial score (nSPS) is 10.7. The van der Waals surface area contributed by atoms with Crippen molar-refractivity contribution in [2.45, 2.75) is 0 Å². The summed E-state index contributed by atoms with van der Waals surface area (Å²) in [5.41, 5.74) is -0.345. The second-order valence-electron chi connectivity index (χ2n) is 1.67. The largest absolute Gasteiger partial charge is 0.391 e. The van der Waals surface area contributed by atoms with Gasteiger partial charge < -0.3 is 5.11 Å². The maximum absolute atomic E-state index is 10.5. The van der Waals surface area contributed by atoms with Crippen LogP contribution in [0.1, 0.15) is 0 Å². The van der Waals surface area contributed by atoms with Crippen molar-refractivity contribution < 1.29 is 22.9 Å². The van der Waals surface area contributed by atoms with E-state index < -0.39 is 22.8 Å². The van der Waals surface area contributed by atoms with Crippen LogP contribution in [-0.4, -0.2) is 30.6 Å². The first-order valence-electron chi connectivity index (χ1n) is 2.45. The molecule has 0 aromatic heterocycles. The molecule has 0 unspecified atom stereocenters. The lowest BCUT2D eigenvalue weighted by Gasteiger charge is -2.00. The van der Waals surface area contributed by atoms with Crippen LogP contribution in [0.15, 0.2) is 12.2 Å². The molecule has 0 spiro atoms. The summed E-state index contributed by atoms with van der Waals surface area (Å²) in [5.74, 6) is -1.13. The fourth-order valence-corrected chi connectivity index (χ4v) is 0.640. The van der Waals surface area contributed by atoms with Gasteiger partial charge in [-0.25, -0.2) is 4.72 Å². The van der Waals surface area contributed by atoms with Gasteiger partial charge in [0.1, 0.15) is 0 Å². The van der Waals surface area contributed by atoms with Gasteiger partial charge >= 0.3 is 10.3 Å². The zero-order valence-corrected chi connectivity index (χ0v) is 6.26. The van der Waals surface area contributed by atoms with Crippen LogP contribution < -0.4 is 4.72 Å². The number of aliphatic hydroxyl groups is 1. The fraction of sp³-hybridized carbons (Fsp3) is 0.250. The Bertz CT molecular complexity index is 266. The lowest BCUT2D eigenvalue weighted by atomic mass is 10.3. The average Bonchev–Trinajstić information content (AvgIpc) is 1.82. The van der Waals surface area contributed by atoms with Crippen LogP contribution in [0.25, 0.3) is 0 Å². The molecule has 1 amide bonds. The zero-order valence-electron chi connectivity index (χ0n) is 5.44. The topological polar surface area (TPSA) is 104 Å². The van der Waals surface area contributed by atoms with Gasteiger partial charge in [-0.15, -0.1) is 0 Å². The molecule has 0 saturated carbocycles. The van der Waals surface area contributed by atoms with Crippen molar-refractivity contribution in [1.82, 2.24) is 4.72 Å². The quantitative estimate of drug-likeness (QED) is 0.361. The van der Waals surface area contributed by atoms with Crippen molar-refractivity contribution in [2.24, 2.45) is 0 Å². The van der Waals surface area contributed by atoms with E-state index in [0.717, 1.165) is 0 Å². The van der Waals surface area contributed by atoms with E-state index in [-0.39, 0.29) is 5.57 Å². The third-order valence-electron chi connectivity index (χ3n) is 0.734. The van der Waals surface area contributed by atoms with Gasteiger partial charge in [-0.1, -0.05) is 6.58 Å². The monoisotopic (exact) mass is 181 g/mol.